The number of carbonyl (C=O) groups is 1. The highest BCUT2D eigenvalue weighted by Crippen LogP contribution is 2.22. The first kappa shape index (κ1) is 16.6. The van der Waals surface area contributed by atoms with E-state index < -0.39 is 18.6 Å². The van der Waals surface area contributed by atoms with E-state index in [4.69, 9.17) is 0 Å². The molecule has 2 N–H and O–H groups in total. The van der Waals surface area contributed by atoms with E-state index in [1.807, 2.05) is 24.3 Å². The van der Waals surface area contributed by atoms with Gasteiger partial charge in [-0.1, -0.05) is 34.6 Å². The maximum Gasteiger partial charge on any atom is 0.389 e. The SMILES string of the molecule is C=C(CCC(F)(F)F)NC(=O)NCc1cccc(Br)c1. The molecule has 0 bridgehead atoms. The first-order chi connectivity index (χ1) is 9.26. The molecular formula is C13H14BrF3N2O. The zero-order valence-corrected chi connectivity index (χ0v) is 12.1. The second-order valence-electron chi connectivity index (χ2n) is 4.16. The molecule has 1 aromatic carbocycles. The Labute approximate surface area is 123 Å². The Hall–Kier alpha value is -1.50. The molecule has 0 heterocycles. The third kappa shape index (κ3) is 7.18. The van der Waals surface area contributed by atoms with Crippen LogP contribution in [0.15, 0.2) is 41.0 Å². The average molecular weight is 351 g/mol. The molecule has 1 aromatic rings. The van der Waals surface area contributed by atoms with E-state index in [1.165, 1.54) is 0 Å². The minimum atomic E-state index is -4.25. The van der Waals surface area contributed by atoms with Crippen molar-refractivity contribution in [3.63, 3.8) is 0 Å². The van der Waals surface area contributed by atoms with Gasteiger partial charge < -0.3 is 10.6 Å². The summed E-state index contributed by atoms with van der Waals surface area (Å²) >= 11 is 3.30. The molecule has 20 heavy (non-hydrogen) atoms. The molecule has 2 amide bonds. The Morgan fingerprint density at radius 1 is 1.35 bits per heavy atom. The Balaban J connectivity index is 2.31. The fourth-order valence-corrected chi connectivity index (χ4v) is 1.84. The molecule has 0 spiro atoms. The van der Waals surface area contributed by atoms with Crippen molar-refractivity contribution in [2.75, 3.05) is 0 Å². The second kappa shape index (κ2) is 7.33. The number of allylic oxidation sites excluding steroid dienone is 1. The van der Waals surface area contributed by atoms with Crippen molar-refractivity contribution in [1.29, 1.82) is 0 Å². The first-order valence-electron chi connectivity index (χ1n) is 5.80. The Morgan fingerprint density at radius 2 is 2.05 bits per heavy atom. The number of carbonyl (C=O) groups excluding carboxylic acids is 1. The van der Waals surface area contributed by atoms with Crippen LogP contribution in [0.2, 0.25) is 0 Å². The van der Waals surface area contributed by atoms with Gasteiger partial charge in [0.05, 0.1) is 0 Å². The van der Waals surface area contributed by atoms with Crippen LogP contribution in [0.1, 0.15) is 18.4 Å². The second-order valence-corrected chi connectivity index (χ2v) is 5.07. The van der Waals surface area contributed by atoms with Gasteiger partial charge in [-0.2, -0.15) is 13.2 Å². The maximum absolute atomic E-state index is 12.0. The fraction of sp³-hybridized carbons (Fsp3) is 0.308. The summed E-state index contributed by atoms with van der Waals surface area (Å²) in [4.78, 5) is 11.5. The van der Waals surface area contributed by atoms with E-state index in [0.29, 0.717) is 0 Å². The zero-order chi connectivity index (χ0) is 15.2. The van der Waals surface area contributed by atoms with Crippen LogP contribution in [0.4, 0.5) is 18.0 Å². The number of amides is 2. The number of hydrogen-bond acceptors (Lipinski definition) is 1. The molecule has 0 atom stereocenters. The predicted octanol–water partition coefficient (Wildman–Crippen LogP) is 4.10. The number of halogens is 4. The predicted molar refractivity (Wildman–Crippen MR) is 73.9 cm³/mol. The third-order valence-electron chi connectivity index (χ3n) is 2.34. The van der Waals surface area contributed by atoms with Gasteiger partial charge in [-0.25, -0.2) is 4.79 Å². The average Bonchev–Trinajstić information content (AvgIpc) is 2.33. The number of rotatable bonds is 5. The topological polar surface area (TPSA) is 41.1 Å². The van der Waals surface area contributed by atoms with Crippen molar-refractivity contribution in [3.8, 4) is 0 Å². The van der Waals surface area contributed by atoms with Crippen molar-refractivity contribution in [2.24, 2.45) is 0 Å². The van der Waals surface area contributed by atoms with Gasteiger partial charge in [-0.15, -0.1) is 0 Å². The summed E-state index contributed by atoms with van der Waals surface area (Å²) in [6, 6.07) is 6.75. The number of alkyl halides is 3. The summed E-state index contributed by atoms with van der Waals surface area (Å²) in [5.74, 6) is 0. The van der Waals surface area contributed by atoms with Gasteiger partial charge in [0.1, 0.15) is 0 Å². The highest BCUT2D eigenvalue weighted by molar-refractivity contribution is 9.10. The van der Waals surface area contributed by atoms with E-state index in [1.54, 1.807) is 0 Å². The van der Waals surface area contributed by atoms with E-state index in [9.17, 15) is 18.0 Å². The molecule has 110 valence electrons. The van der Waals surface area contributed by atoms with E-state index >= 15 is 0 Å². The number of urea groups is 1. The molecule has 0 unspecified atom stereocenters. The summed E-state index contributed by atoms with van der Waals surface area (Å²) in [7, 11) is 0. The molecule has 0 saturated heterocycles. The third-order valence-corrected chi connectivity index (χ3v) is 2.84. The number of hydrogen-bond donors (Lipinski definition) is 2. The standard InChI is InChI=1S/C13H14BrF3N2O/c1-9(5-6-13(15,16)17)19-12(20)18-8-10-3-2-4-11(14)7-10/h2-4,7H,1,5-6,8H2,(H2,18,19,20). The van der Waals surface area contributed by atoms with Gasteiger partial charge in [-0.3, -0.25) is 0 Å². The lowest BCUT2D eigenvalue weighted by molar-refractivity contribution is -0.134. The highest BCUT2D eigenvalue weighted by Gasteiger charge is 2.26. The van der Waals surface area contributed by atoms with Crippen LogP contribution >= 0.6 is 15.9 Å². The Kier molecular flexibility index (Phi) is 6.06. The summed E-state index contributed by atoms with van der Waals surface area (Å²) in [6.07, 6.45) is -5.58. The monoisotopic (exact) mass is 350 g/mol. The van der Waals surface area contributed by atoms with Gasteiger partial charge in [0.15, 0.2) is 0 Å². The van der Waals surface area contributed by atoms with Crippen LogP contribution in [-0.4, -0.2) is 12.2 Å². The lowest BCUT2D eigenvalue weighted by Gasteiger charge is -2.11. The number of benzene rings is 1. The van der Waals surface area contributed by atoms with Crippen molar-refractivity contribution in [3.05, 3.63) is 46.6 Å². The van der Waals surface area contributed by atoms with E-state index in [2.05, 4.69) is 33.1 Å². The minimum Gasteiger partial charge on any atom is -0.334 e. The summed E-state index contributed by atoms with van der Waals surface area (Å²) < 4.78 is 36.8. The Morgan fingerprint density at radius 3 is 2.65 bits per heavy atom. The highest BCUT2D eigenvalue weighted by atomic mass is 79.9. The first-order valence-corrected chi connectivity index (χ1v) is 6.59. The van der Waals surface area contributed by atoms with Crippen LogP contribution in [-0.2, 0) is 6.54 Å². The molecule has 0 saturated carbocycles. The Bertz CT molecular complexity index is 489. The van der Waals surface area contributed by atoms with E-state index in [0.717, 1.165) is 10.0 Å². The van der Waals surface area contributed by atoms with Gasteiger partial charge in [0.2, 0.25) is 0 Å². The van der Waals surface area contributed by atoms with Gasteiger partial charge in [0, 0.05) is 23.1 Å². The summed E-state index contributed by atoms with van der Waals surface area (Å²) in [5.41, 5.74) is 0.907. The molecule has 0 aliphatic heterocycles. The summed E-state index contributed by atoms with van der Waals surface area (Å²) in [6.45, 7) is 3.66. The quantitative estimate of drug-likeness (QED) is 0.824. The van der Waals surface area contributed by atoms with Crippen molar-refractivity contribution >= 4 is 22.0 Å². The fourth-order valence-electron chi connectivity index (χ4n) is 1.39. The van der Waals surface area contributed by atoms with Gasteiger partial charge >= 0.3 is 12.2 Å². The van der Waals surface area contributed by atoms with Crippen LogP contribution in [0.3, 0.4) is 0 Å². The molecule has 0 aliphatic carbocycles. The van der Waals surface area contributed by atoms with Crippen LogP contribution in [0, 0.1) is 0 Å². The smallest absolute Gasteiger partial charge is 0.334 e. The van der Waals surface area contributed by atoms with Gasteiger partial charge in [0.25, 0.3) is 0 Å². The molecule has 1 rings (SSSR count). The number of nitrogens with one attached hydrogen (secondary N) is 2. The van der Waals surface area contributed by atoms with Crippen molar-refractivity contribution in [1.82, 2.24) is 10.6 Å². The van der Waals surface area contributed by atoms with Gasteiger partial charge in [-0.05, 0) is 24.1 Å². The molecular weight excluding hydrogens is 337 g/mol. The molecule has 0 fully saturated rings. The lowest BCUT2D eigenvalue weighted by atomic mass is 10.2. The normalized spacial score (nSPS) is 11.0. The molecule has 0 aliphatic rings. The summed E-state index contributed by atoms with van der Waals surface area (Å²) in [5, 5.41) is 4.82. The van der Waals surface area contributed by atoms with Crippen molar-refractivity contribution < 1.29 is 18.0 Å². The lowest BCUT2D eigenvalue weighted by Crippen LogP contribution is -2.34. The van der Waals surface area contributed by atoms with E-state index in [-0.39, 0.29) is 18.7 Å². The van der Waals surface area contributed by atoms with Crippen LogP contribution in [0.25, 0.3) is 0 Å². The molecule has 0 radical (unpaired) electrons. The van der Waals surface area contributed by atoms with Crippen LogP contribution < -0.4 is 10.6 Å². The molecule has 0 aromatic heterocycles. The zero-order valence-electron chi connectivity index (χ0n) is 10.6. The maximum atomic E-state index is 12.0. The minimum absolute atomic E-state index is 0.0362. The molecule has 3 nitrogen and oxygen atoms in total. The van der Waals surface area contributed by atoms with Crippen molar-refractivity contribution in [2.45, 2.75) is 25.6 Å². The molecule has 7 heteroatoms. The van der Waals surface area contributed by atoms with Crippen LogP contribution in [0.5, 0.6) is 0 Å². The largest absolute Gasteiger partial charge is 0.389 e.